The van der Waals surface area contributed by atoms with Gasteiger partial charge in [0.15, 0.2) is 5.82 Å². The van der Waals surface area contributed by atoms with Gasteiger partial charge in [-0.1, -0.05) is 17.7 Å². The van der Waals surface area contributed by atoms with Crippen LogP contribution in [-0.4, -0.2) is 32.1 Å². The summed E-state index contributed by atoms with van der Waals surface area (Å²) in [6, 6.07) is 3.90. The van der Waals surface area contributed by atoms with E-state index < -0.39 is 20.7 Å². The van der Waals surface area contributed by atoms with Crippen molar-refractivity contribution in [2.45, 2.75) is 17.7 Å². The molecule has 4 nitrogen and oxygen atoms in total. The van der Waals surface area contributed by atoms with Crippen LogP contribution < -0.4 is 0 Å². The van der Waals surface area contributed by atoms with E-state index in [2.05, 4.69) is 0 Å². The Labute approximate surface area is 116 Å². The van der Waals surface area contributed by atoms with Crippen LogP contribution in [0.25, 0.3) is 0 Å². The lowest BCUT2D eigenvalue weighted by Crippen LogP contribution is -2.39. The predicted molar refractivity (Wildman–Crippen MR) is 69.0 cm³/mol. The molecule has 1 aliphatic heterocycles. The highest BCUT2D eigenvalue weighted by molar-refractivity contribution is 7.89. The molecule has 1 aromatic rings. The number of hydrogen-bond donors (Lipinski definition) is 0. The van der Waals surface area contributed by atoms with E-state index in [4.69, 9.17) is 11.6 Å². The second kappa shape index (κ2) is 5.56. The molecule has 1 saturated heterocycles. The summed E-state index contributed by atoms with van der Waals surface area (Å²) in [5.74, 6) is -1.04. The van der Waals surface area contributed by atoms with E-state index in [-0.39, 0.29) is 24.0 Å². The van der Waals surface area contributed by atoms with Gasteiger partial charge in [0.25, 0.3) is 0 Å². The molecule has 1 fully saturated rings. The smallest absolute Gasteiger partial charge is 0.246 e. The first kappa shape index (κ1) is 14.4. The SMILES string of the molecule is O=CC1CCN(S(=O)(=O)c2cccc(Cl)c2F)CC1. The van der Waals surface area contributed by atoms with Gasteiger partial charge in [-0.3, -0.25) is 0 Å². The molecular formula is C12H13ClFNO3S. The third-order valence-corrected chi connectivity index (χ3v) is 5.43. The number of carbonyl (C=O) groups is 1. The minimum absolute atomic E-state index is 0.115. The van der Waals surface area contributed by atoms with Crippen molar-refractivity contribution in [2.24, 2.45) is 5.92 Å². The van der Waals surface area contributed by atoms with E-state index >= 15 is 0 Å². The zero-order valence-corrected chi connectivity index (χ0v) is 11.6. The second-order valence-electron chi connectivity index (χ2n) is 4.43. The largest absolute Gasteiger partial charge is 0.303 e. The topological polar surface area (TPSA) is 54.5 Å². The van der Waals surface area contributed by atoms with Crippen LogP contribution >= 0.6 is 11.6 Å². The van der Waals surface area contributed by atoms with Gasteiger partial charge in [-0.15, -0.1) is 0 Å². The number of rotatable bonds is 3. The van der Waals surface area contributed by atoms with E-state index in [0.717, 1.165) is 6.29 Å². The molecule has 0 aliphatic carbocycles. The summed E-state index contributed by atoms with van der Waals surface area (Å²) in [5, 5.41) is -0.219. The molecule has 19 heavy (non-hydrogen) atoms. The minimum atomic E-state index is -3.89. The van der Waals surface area contributed by atoms with Gasteiger partial charge in [-0.25, -0.2) is 12.8 Å². The molecule has 1 aliphatic rings. The van der Waals surface area contributed by atoms with Gasteiger partial charge in [-0.05, 0) is 25.0 Å². The normalized spacial score (nSPS) is 18.4. The van der Waals surface area contributed by atoms with Crippen molar-refractivity contribution in [3.8, 4) is 0 Å². The van der Waals surface area contributed by atoms with E-state index in [0.29, 0.717) is 12.8 Å². The Morgan fingerprint density at radius 2 is 1.95 bits per heavy atom. The van der Waals surface area contributed by atoms with Gasteiger partial charge >= 0.3 is 0 Å². The number of hydrogen-bond acceptors (Lipinski definition) is 3. The molecule has 0 radical (unpaired) electrons. The molecule has 7 heteroatoms. The second-order valence-corrected chi connectivity index (χ2v) is 6.74. The molecule has 1 heterocycles. The Kier molecular flexibility index (Phi) is 4.23. The zero-order valence-electron chi connectivity index (χ0n) is 10.1. The molecule has 0 unspecified atom stereocenters. The maximum atomic E-state index is 13.8. The Balaban J connectivity index is 2.28. The summed E-state index contributed by atoms with van der Waals surface area (Å²) in [6.07, 6.45) is 1.76. The van der Waals surface area contributed by atoms with Crippen LogP contribution in [0.1, 0.15) is 12.8 Å². The van der Waals surface area contributed by atoms with E-state index in [1.54, 1.807) is 0 Å². The fourth-order valence-corrected chi connectivity index (χ4v) is 3.86. The summed E-state index contributed by atoms with van der Waals surface area (Å²) in [4.78, 5) is 10.2. The van der Waals surface area contributed by atoms with Crippen molar-refractivity contribution in [2.75, 3.05) is 13.1 Å². The Hall–Kier alpha value is -0.980. The maximum Gasteiger partial charge on any atom is 0.246 e. The molecule has 0 spiro atoms. The number of benzene rings is 1. The Morgan fingerprint density at radius 3 is 2.53 bits per heavy atom. The zero-order chi connectivity index (χ0) is 14.0. The van der Waals surface area contributed by atoms with E-state index in [1.165, 1.54) is 22.5 Å². The summed E-state index contributed by atoms with van der Waals surface area (Å²) in [7, 11) is -3.89. The van der Waals surface area contributed by atoms with Gasteiger partial charge in [0, 0.05) is 19.0 Å². The number of nitrogens with zero attached hydrogens (tertiary/aromatic N) is 1. The molecule has 0 atom stereocenters. The van der Waals surface area contributed by atoms with Crippen molar-refractivity contribution in [1.82, 2.24) is 4.31 Å². The number of carbonyl (C=O) groups excluding carboxylic acids is 1. The van der Waals surface area contributed by atoms with Crippen LogP contribution in [0.15, 0.2) is 23.1 Å². The minimum Gasteiger partial charge on any atom is -0.303 e. The molecule has 0 aromatic heterocycles. The summed E-state index contributed by atoms with van der Waals surface area (Å²) in [6.45, 7) is 0.440. The van der Waals surface area contributed by atoms with Crippen LogP contribution in [0.4, 0.5) is 4.39 Å². The highest BCUT2D eigenvalue weighted by Crippen LogP contribution is 2.27. The average Bonchev–Trinajstić information content (AvgIpc) is 2.41. The first-order valence-electron chi connectivity index (χ1n) is 5.86. The van der Waals surface area contributed by atoms with Crippen LogP contribution in [0.5, 0.6) is 0 Å². The lowest BCUT2D eigenvalue weighted by atomic mass is 10.0. The standard InChI is InChI=1S/C12H13ClFNO3S/c13-10-2-1-3-11(12(10)14)19(17,18)15-6-4-9(8-16)5-7-15/h1-3,8-9H,4-7H2. The fourth-order valence-electron chi connectivity index (χ4n) is 2.07. The predicted octanol–water partition coefficient (Wildman–Crippen LogP) is 2.08. The average molecular weight is 306 g/mol. The third kappa shape index (κ3) is 2.80. The molecule has 0 N–H and O–H groups in total. The van der Waals surface area contributed by atoms with Crippen LogP contribution in [0.2, 0.25) is 5.02 Å². The van der Waals surface area contributed by atoms with Crippen LogP contribution in [-0.2, 0) is 14.8 Å². The molecular weight excluding hydrogens is 293 g/mol. The van der Waals surface area contributed by atoms with Crippen LogP contribution in [0.3, 0.4) is 0 Å². The van der Waals surface area contributed by atoms with Gasteiger partial charge in [0.1, 0.15) is 11.2 Å². The Bertz CT molecular complexity index is 583. The van der Waals surface area contributed by atoms with Crippen molar-refractivity contribution in [3.63, 3.8) is 0 Å². The van der Waals surface area contributed by atoms with E-state index in [1.807, 2.05) is 0 Å². The molecule has 2 rings (SSSR count). The van der Waals surface area contributed by atoms with Crippen molar-refractivity contribution in [1.29, 1.82) is 0 Å². The maximum absolute atomic E-state index is 13.8. The first-order valence-corrected chi connectivity index (χ1v) is 7.68. The highest BCUT2D eigenvalue weighted by atomic mass is 35.5. The van der Waals surface area contributed by atoms with Crippen molar-refractivity contribution < 1.29 is 17.6 Å². The number of piperidine rings is 1. The number of sulfonamides is 1. The van der Waals surface area contributed by atoms with Gasteiger partial charge in [0.2, 0.25) is 10.0 Å². The third-order valence-electron chi connectivity index (χ3n) is 3.23. The summed E-state index contributed by atoms with van der Waals surface area (Å²) < 4.78 is 39.6. The van der Waals surface area contributed by atoms with Crippen molar-refractivity contribution >= 4 is 27.9 Å². The molecule has 104 valence electrons. The fraction of sp³-hybridized carbons (Fsp3) is 0.417. The van der Waals surface area contributed by atoms with E-state index in [9.17, 15) is 17.6 Å². The molecule has 1 aromatic carbocycles. The number of aldehydes is 1. The van der Waals surface area contributed by atoms with Gasteiger partial charge in [-0.2, -0.15) is 4.31 Å². The summed E-state index contributed by atoms with van der Waals surface area (Å²) >= 11 is 5.60. The van der Waals surface area contributed by atoms with Gasteiger partial charge < -0.3 is 4.79 Å². The Morgan fingerprint density at radius 1 is 1.32 bits per heavy atom. The monoisotopic (exact) mass is 305 g/mol. The molecule has 0 bridgehead atoms. The molecule has 0 amide bonds. The molecule has 0 saturated carbocycles. The lowest BCUT2D eigenvalue weighted by Gasteiger charge is -2.28. The van der Waals surface area contributed by atoms with Gasteiger partial charge in [0.05, 0.1) is 5.02 Å². The lowest BCUT2D eigenvalue weighted by molar-refractivity contribution is -0.112. The van der Waals surface area contributed by atoms with Crippen molar-refractivity contribution in [3.05, 3.63) is 29.0 Å². The van der Waals surface area contributed by atoms with Crippen LogP contribution in [0, 0.1) is 11.7 Å². The first-order chi connectivity index (χ1) is 8.96. The summed E-state index contributed by atoms with van der Waals surface area (Å²) in [5.41, 5.74) is 0. The quantitative estimate of drug-likeness (QED) is 0.803. The number of halogens is 2. The highest BCUT2D eigenvalue weighted by Gasteiger charge is 2.31.